The molecule has 2 unspecified atom stereocenters. The lowest BCUT2D eigenvalue weighted by atomic mass is 9.97. The molecule has 0 aliphatic rings. The molecule has 0 spiro atoms. The first-order valence-corrected chi connectivity index (χ1v) is 7.73. The highest BCUT2D eigenvalue weighted by Gasteiger charge is 2.43. The summed E-state index contributed by atoms with van der Waals surface area (Å²) < 4.78 is 9.05. The molecule has 1 rings (SSSR count). The van der Waals surface area contributed by atoms with E-state index in [1.165, 1.54) is 6.92 Å². The number of benzene rings is 1. The Morgan fingerprint density at radius 2 is 1.62 bits per heavy atom. The Morgan fingerprint density at radius 3 is 2.08 bits per heavy atom. The summed E-state index contributed by atoms with van der Waals surface area (Å²) in [4.78, 5) is 49.1. The Bertz CT molecular complexity index is 662. The van der Waals surface area contributed by atoms with Crippen molar-refractivity contribution in [2.75, 3.05) is 14.2 Å². The lowest BCUT2D eigenvalue weighted by molar-refractivity contribution is -0.164. The zero-order chi connectivity index (χ0) is 19.9. The second-order valence-corrected chi connectivity index (χ2v) is 5.52. The number of amides is 1. The van der Waals surface area contributed by atoms with Gasteiger partial charge in [-0.3, -0.25) is 14.4 Å². The van der Waals surface area contributed by atoms with E-state index in [1.807, 2.05) is 0 Å². The van der Waals surface area contributed by atoms with Crippen LogP contribution in [0.25, 0.3) is 0 Å². The minimum atomic E-state index is -1.72. The van der Waals surface area contributed by atoms with E-state index in [1.54, 1.807) is 30.3 Å². The van der Waals surface area contributed by atoms with Gasteiger partial charge in [-0.2, -0.15) is 0 Å². The number of carboxylic acids is 1. The van der Waals surface area contributed by atoms with Crippen molar-refractivity contribution in [3.05, 3.63) is 35.9 Å². The highest BCUT2D eigenvalue weighted by Crippen LogP contribution is 2.17. The number of nitrogens with two attached hydrogens (primary N) is 1. The van der Waals surface area contributed by atoms with Gasteiger partial charge in [0.2, 0.25) is 5.91 Å². The summed E-state index contributed by atoms with van der Waals surface area (Å²) in [6.07, 6.45) is 0. The number of hydrogen-bond acceptors (Lipinski definition) is 7. The number of aliphatic carboxylic acids is 1. The van der Waals surface area contributed by atoms with Crippen molar-refractivity contribution in [2.45, 2.75) is 25.6 Å². The van der Waals surface area contributed by atoms with Gasteiger partial charge >= 0.3 is 17.9 Å². The summed E-state index contributed by atoms with van der Waals surface area (Å²) in [6.45, 7) is 1.20. The third-order valence-electron chi connectivity index (χ3n) is 3.86. The Morgan fingerprint density at radius 1 is 1.08 bits per heavy atom. The van der Waals surface area contributed by atoms with Gasteiger partial charge in [0.15, 0.2) is 5.92 Å². The van der Waals surface area contributed by atoms with Crippen molar-refractivity contribution in [2.24, 2.45) is 11.7 Å². The van der Waals surface area contributed by atoms with Gasteiger partial charge in [-0.1, -0.05) is 30.3 Å². The zero-order valence-corrected chi connectivity index (χ0v) is 14.7. The molecule has 26 heavy (non-hydrogen) atoms. The van der Waals surface area contributed by atoms with Crippen LogP contribution >= 0.6 is 0 Å². The van der Waals surface area contributed by atoms with E-state index in [2.05, 4.69) is 9.47 Å². The molecule has 3 N–H and O–H groups in total. The van der Waals surface area contributed by atoms with Gasteiger partial charge in [0.05, 0.1) is 14.2 Å². The van der Waals surface area contributed by atoms with Gasteiger partial charge in [-0.05, 0) is 12.5 Å². The fourth-order valence-corrected chi connectivity index (χ4v) is 2.30. The molecule has 0 radical (unpaired) electrons. The highest BCUT2D eigenvalue weighted by atomic mass is 16.5. The lowest BCUT2D eigenvalue weighted by Crippen LogP contribution is -2.54. The van der Waals surface area contributed by atoms with Crippen LogP contribution in [0.3, 0.4) is 0 Å². The first kappa shape index (κ1) is 21.1. The Labute approximate surface area is 150 Å². The van der Waals surface area contributed by atoms with Crippen LogP contribution in [0.1, 0.15) is 12.5 Å². The van der Waals surface area contributed by atoms with Crippen LogP contribution in [-0.2, 0) is 35.2 Å². The molecule has 9 nitrogen and oxygen atoms in total. The minimum Gasteiger partial charge on any atom is -0.480 e. The molecule has 9 heteroatoms. The first-order valence-electron chi connectivity index (χ1n) is 7.73. The molecule has 1 aromatic rings. The predicted molar refractivity (Wildman–Crippen MR) is 89.6 cm³/mol. The summed E-state index contributed by atoms with van der Waals surface area (Å²) in [5.74, 6) is -5.98. The van der Waals surface area contributed by atoms with E-state index in [0.29, 0.717) is 5.56 Å². The van der Waals surface area contributed by atoms with Crippen LogP contribution in [0.15, 0.2) is 30.3 Å². The van der Waals surface area contributed by atoms with E-state index in [4.69, 9.17) is 5.73 Å². The number of hydrogen-bond donors (Lipinski definition) is 2. The average Bonchev–Trinajstić information content (AvgIpc) is 2.65. The van der Waals surface area contributed by atoms with E-state index in [9.17, 15) is 24.3 Å². The third-order valence-corrected chi connectivity index (χ3v) is 3.86. The summed E-state index contributed by atoms with van der Waals surface area (Å²) in [5, 5.41) is 9.32. The summed E-state index contributed by atoms with van der Waals surface area (Å²) >= 11 is 0. The summed E-state index contributed by atoms with van der Waals surface area (Å²) in [5.41, 5.74) is 6.33. The molecule has 0 heterocycles. The molecule has 0 aromatic heterocycles. The summed E-state index contributed by atoms with van der Waals surface area (Å²) in [7, 11) is 2.09. The Kier molecular flexibility index (Phi) is 7.73. The molecular weight excluding hydrogens is 344 g/mol. The molecule has 1 aromatic carbocycles. The van der Waals surface area contributed by atoms with Crippen molar-refractivity contribution in [1.29, 1.82) is 0 Å². The van der Waals surface area contributed by atoms with Crippen molar-refractivity contribution in [3.63, 3.8) is 0 Å². The second kappa shape index (κ2) is 9.52. The van der Waals surface area contributed by atoms with Gasteiger partial charge in [0.1, 0.15) is 12.1 Å². The number of carbonyl (C=O) groups excluding carboxylic acids is 3. The van der Waals surface area contributed by atoms with Crippen molar-refractivity contribution in [1.82, 2.24) is 4.90 Å². The molecule has 0 bridgehead atoms. The number of carbonyl (C=O) groups is 4. The van der Waals surface area contributed by atoms with Crippen molar-refractivity contribution in [3.8, 4) is 0 Å². The quantitative estimate of drug-likeness (QED) is 0.476. The topological polar surface area (TPSA) is 136 Å². The molecule has 0 saturated carbocycles. The number of esters is 2. The lowest BCUT2D eigenvalue weighted by Gasteiger charge is -2.31. The highest BCUT2D eigenvalue weighted by molar-refractivity contribution is 6.03. The minimum absolute atomic E-state index is 0.0888. The smallest absolute Gasteiger partial charge is 0.326 e. The second-order valence-electron chi connectivity index (χ2n) is 5.52. The zero-order valence-electron chi connectivity index (χ0n) is 14.7. The van der Waals surface area contributed by atoms with Crippen molar-refractivity contribution >= 4 is 23.8 Å². The molecule has 3 atom stereocenters. The number of nitrogens with zero attached hydrogens (tertiary/aromatic N) is 1. The third kappa shape index (κ3) is 5.03. The number of carboxylic acid groups (broad SMARTS) is 1. The normalized spacial score (nSPS) is 13.8. The van der Waals surface area contributed by atoms with Crippen LogP contribution in [0, 0.1) is 5.92 Å². The predicted octanol–water partition coefficient (Wildman–Crippen LogP) is -0.222. The molecule has 142 valence electrons. The van der Waals surface area contributed by atoms with Gasteiger partial charge in [0, 0.05) is 6.54 Å². The van der Waals surface area contributed by atoms with Crippen LogP contribution in [0.4, 0.5) is 0 Å². The number of methoxy groups -OCH3 is 2. The van der Waals surface area contributed by atoms with Crippen LogP contribution < -0.4 is 5.73 Å². The Hall–Kier alpha value is -2.94. The number of rotatable bonds is 8. The van der Waals surface area contributed by atoms with Crippen LogP contribution in [0.5, 0.6) is 0 Å². The first-order chi connectivity index (χ1) is 12.2. The van der Waals surface area contributed by atoms with E-state index in [0.717, 1.165) is 19.1 Å². The van der Waals surface area contributed by atoms with Crippen molar-refractivity contribution < 1.29 is 33.8 Å². The van der Waals surface area contributed by atoms with Gasteiger partial charge in [0.25, 0.3) is 0 Å². The maximum absolute atomic E-state index is 12.9. The van der Waals surface area contributed by atoms with Crippen LogP contribution in [0.2, 0.25) is 0 Å². The molecule has 0 saturated heterocycles. The van der Waals surface area contributed by atoms with Gasteiger partial charge in [-0.25, -0.2) is 4.79 Å². The largest absolute Gasteiger partial charge is 0.480 e. The van der Waals surface area contributed by atoms with E-state index in [-0.39, 0.29) is 6.54 Å². The van der Waals surface area contributed by atoms with Gasteiger partial charge < -0.3 is 25.2 Å². The maximum atomic E-state index is 12.9. The number of ether oxygens (including phenoxy) is 2. The SMILES string of the molecule is COC(=O)C(N)C(C(=O)OC)C(=O)N(Cc1ccccc1)[C@@H](C)C(=O)O. The fourth-order valence-electron chi connectivity index (χ4n) is 2.30. The van der Waals surface area contributed by atoms with E-state index >= 15 is 0 Å². The van der Waals surface area contributed by atoms with E-state index < -0.39 is 41.8 Å². The molecule has 0 aliphatic carbocycles. The molecular formula is C17H22N2O7. The molecule has 1 amide bonds. The van der Waals surface area contributed by atoms with Crippen LogP contribution in [-0.4, -0.2) is 60.1 Å². The molecule has 0 fully saturated rings. The Balaban J connectivity index is 3.26. The average molecular weight is 366 g/mol. The fraction of sp³-hybridized carbons (Fsp3) is 0.412. The maximum Gasteiger partial charge on any atom is 0.326 e. The van der Waals surface area contributed by atoms with Gasteiger partial charge in [-0.15, -0.1) is 0 Å². The molecule has 0 aliphatic heterocycles. The monoisotopic (exact) mass is 366 g/mol. The standard InChI is InChI=1S/C17H22N2O7/c1-10(15(21)22)19(9-11-7-5-4-6-8-11)14(20)12(16(23)25-2)13(18)17(24)26-3/h4-8,10,12-13H,9,18H2,1-3H3,(H,21,22)/t10-,12?,13?/m0/s1. The summed E-state index contributed by atoms with van der Waals surface area (Å²) in [6, 6.07) is 5.72.